The molecule has 8 heteroatoms. The zero-order valence-corrected chi connectivity index (χ0v) is 13.4. The first kappa shape index (κ1) is 18.7. The topological polar surface area (TPSA) is 92.9 Å². The highest BCUT2D eigenvalue weighted by Crippen LogP contribution is 2.27. The second-order valence-electron chi connectivity index (χ2n) is 6.04. The number of aromatic hydroxyl groups is 1. The van der Waals surface area contributed by atoms with Gasteiger partial charge in [0.1, 0.15) is 5.60 Å². The number of halogens is 1. The van der Waals surface area contributed by atoms with Gasteiger partial charge in [-0.05, 0) is 45.7 Å². The van der Waals surface area contributed by atoms with Gasteiger partial charge >= 0.3 is 11.8 Å². The summed E-state index contributed by atoms with van der Waals surface area (Å²) >= 11 is 0. The van der Waals surface area contributed by atoms with Gasteiger partial charge in [-0.2, -0.15) is 4.39 Å². The highest BCUT2D eigenvalue weighted by atomic mass is 19.1. The van der Waals surface area contributed by atoms with Gasteiger partial charge in [0.2, 0.25) is 5.82 Å². The average Bonchev–Trinajstić information content (AvgIpc) is 2.90. The minimum Gasteiger partial charge on any atom is -0.502 e. The van der Waals surface area contributed by atoms with E-state index in [9.17, 15) is 19.3 Å². The summed E-state index contributed by atoms with van der Waals surface area (Å²) in [5.74, 6) is -1.69. The lowest BCUT2D eigenvalue weighted by molar-refractivity contribution is -0.388. The Morgan fingerprint density at radius 1 is 1.35 bits per heavy atom. The minimum atomic E-state index is -1.03. The van der Waals surface area contributed by atoms with Crippen molar-refractivity contribution in [2.75, 3.05) is 13.1 Å². The van der Waals surface area contributed by atoms with Crippen LogP contribution in [-0.2, 0) is 4.74 Å². The fourth-order valence-electron chi connectivity index (χ4n) is 1.91. The molecule has 1 aromatic carbocycles. The number of nitro benzene ring substituents is 1. The van der Waals surface area contributed by atoms with Gasteiger partial charge in [0.15, 0.2) is 5.75 Å². The maximum absolute atomic E-state index is 12.5. The van der Waals surface area contributed by atoms with Crippen molar-refractivity contribution in [3.05, 3.63) is 34.1 Å². The Hall–Kier alpha value is -2.38. The van der Waals surface area contributed by atoms with Gasteiger partial charge in [-0.15, -0.1) is 0 Å². The fourth-order valence-corrected chi connectivity index (χ4v) is 1.91. The molecule has 1 aliphatic heterocycles. The number of hydrogen-bond acceptors (Lipinski definition) is 5. The number of ether oxygens (including phenoxy) is 1. The highest BCUT2D eigenvalue weighted by Gasteiger charge is 2.23. The van der Waals surface area contributed by atoms with E-state index in [2.05, 4.69) is 0 Å². The molecule has 1 aromatic rings. The predicted octanol–water partition coefficient (Wildman–Crippen LogP) is 3.46. The van der Waals surface area contributed by atoms with Crippen LogP contribution in [0.3, 0.4) is 0 Å². The van der Waals surface area contributed by atoms with Crippen molar-refractivity contribution < 1.29 is 24.0 Å². The first-order valence-electron chi connectivity index (χ1n) is 7.21. The largest absolute Gasteiger partial charge is 0.502 e. The first-order chi connectivity index (χ1) is 10.6. The normalized spacial score (nSPS) is 14.0. The van der Waals surface area contributed by atoms with Gasteiger partial charge in [0, 0.05) is 13.1 Å². The number of para-hydroxylation sites is 1. The van der Waals surface area contributed by atoms with Crippen LogP contribution in [0, 0.1) is 15.9 Å². The number of phenolic OH excluding ortho intramolecular Hbond substituents is 1. The van der Waals surface area contributed by atoms with Crippen LogP contribution in [0.15, 0.2) is 18.2 Å². The smallest absolute Gasteiger partial charge is 0.410 e. The molecule has 0 aromatic heterocycles. The lowest BCUT2D eigenvalue weighted by atomic mass is 10.2. The van der Waals surface area contributed by atoms with E-state index in [1.165, 1.54) is 6.07 Å². The molecule has 0 bridgehead atoms. The van der Waals surface area contributed by atoms with Gasteiger partial charge in [-0.1, -0.05) is 6.07 Å². The van der Waals surface area contributed by atoms with Gasteiger partial charge in [0.05, 0.1) is 4.92 Å². The van der Waals surface area contributed by atoms with Crippen molar-refractivity contribution in [1.29, 1.82) is 0 Å². The number of phenols is 1. The summed E-state index contributed by atoms with van der Waals surface area (Å²) in [7, 11) is 0. The monoisotopic (exact) mass is 328 g/mol. The van der Waals surface area contributed by atoms with Crippen molar-refractivity contribution in [3.63, 3.8) is 0 Å². The number of hydrogen-bond donors (Lipinski definition) is 1. The molecule has 23 heavy (non-hydrogen) atoms. The van der Waals surface area contributed by atoms with Crippen molar-refractivity contribution in [3.8, 4) is 5.75 Å². The second-order valence-corrected chi connectivity index (χ2v) is 6.04. The summed E-state index contributed by atoms with van der Waals surface area (Å²) in [5, 5.41) is 18.8. The van der Waals surface area contributed by atoms with Gasteiger partial charge in [0.25, 0.3) is 0 Å². The van der Waals surface area contributed by atoms with E-state index in [0.29, 0.717) is 0 Å². The average molecular weight is 328 g/mol. The highest BCUT2D eigenvalue weighted by molar-refractivity contribution is 5.68. The van der Waals surface area contributed by atoms with Crippen molar-refractivity contribution >= 4 is 11.8 Å². The molecule has 1 fully saturated rings. The summed E-state index contributed by atoms with van der Waals surface area (Å²) < 4.78 is 17.7. The maximum Gasteiger partial charge on any atom is 0.410 e. The van der Waals surface area contributed by atoms with E-state index in [4.69, 9.17) is 9.84 Å². The van der Waals surface area contributed by atoms with Crippen LogP contribution in [0.1, 0.15) is 33.6 Å². The molecule has 1 saturated heterocycles. The number of carbonyl (C=O) groups is 1. The van der Waals surface area contributed by atoms with E-state index in [1.807, 2.05) is 20.8 Å². The predicted molar refractivity (Wildman–Crippen MR) is 81.8 cm³/mol. The van der Waals surface area contributed by atoms with Crippen LogP contribution in [0.25, 0.3) is 0 Å². The van der Waals surface area contributed by atoms with Crippen LogP contribution in [-0.4, -0.2) is 39.7 Å². The molecule has 1 N–H and O–H groups in total. The van der Waals surface area contributed by atoms with Crippen molar-refractivity contribution in [1.82, 2.24) is 4.90 Å². The van der Waals surface area contributed by atoms with E-state index in [0.717, 1.165) is 38.1 Å². The molecule has 0 radical (unpaired) electrons. The van der Waals surface area contributed by atoms with Crippen molar-refractivity contribution in [2.45, 2.75) is 39.2 Å². The zero-order chi connectivity index (χ0) is 17.6. The first-order valence-corrected chi connectivity index (χ1v) is 7.21. The number of rotatable bonds is 1. The number of amides is 1. The van der Waals surface area contributed by atoms with Crippen molar-refractivity contribution in [2.24, 2.45) is 0 Å². The van der Waals surface area contributed by atoms with Gasteiger partial charge in [-0.25, -0.2) is 4.79 Å². The molecule has 0 unspecified atom stereocenters. The Bertz CT molecular complexity index is 545. The number of nitro groups is 1. The molecule has 1 heterocycles. The molecule has 0 aliphatic carbocycles. The van der Waals surface area contributed by atoms with Gasteiger partial charge in [-0.3, -0.25) is 10.1 Å². The van der Waals surface area contributed by atoms with Crippen LogP contribution in [0.4, 0.5) is 14.9 Å². The Kier molecular flexibility index (Phi) is 6.29. The van der Waals surface area contributed by atoms with E-state index >= 15 is 0 Å². The number of likely N-dealkylation sites (tertiary alicyclic amines) is 1. The minimum absolute atomic E-state index is 0.167. The maximum atomic E-state index is 12.5. The van der Waals surface area contributed by atoms with E-state index in [1.54, 1.807) is 4.90 Å². The third-order valence-electron chi connectivity index (χ3n) is 2.91. The SMILES string of the molecule is CC(C)(C)OC(=O)N1CCCC1.O=[N+]([O-])c1c(O)cccc1F. The third kappa shape index (κ3) is 6.09. The van der Waals surface area contributed by atoms with E-state index < -0.39 is 22.2 Å². The quantitative estimate of drug-likeness (QED) is 0.629. The number of carbonyl (C=O) groups excluding carboxylic acids is 1. The molecule has 7 nitrogen and oxygen atoms in total. The second kappa shape index (κ2) is 7.75. The summed E-state index contributed by atoms with van der Waals surface area (Å²) in [4.78, 5) is 22.2. The molecule has 2 rings (SSSR count). The van der Waals surface area contributed by atoms with Crippen LogP contribution >= 0.6 is 0 Å². The van der Waals surface area contributed by atoms with Crippen LogP contribution < -0.4 is 0 Å². The Labute approximate surface area is 133 Å². The summed E-state index contributed by atoms with van der Waals surface area (Å²) in [6, 6.07) is 3.16. The molecular weight excluding hydrogens is 307 g/mol. The summed E-state index contributed by atoms with van der Waals surface area (Å²) in [5.41, 5.74) is -1.24. The molecule has 1 amide bonds. The van der Waals surface area contributed by atoms with Gasteiger partial charge < -0.3 is 14.7 Å². The number of benzene rings is 1. The molecule has 128 valence electrons. The molecule has 0 atom stereocenters. The Morgan fingerprint density at radius 3 is 2.30 bits per heavy atom. The fraction of sp³-hybridized carbons (Fsp3) is 0.533. The Balaban J connectivity index is 0.000000231. The van der Waals surface area contributed by atoms with Crippen LogP contribution in [0.2, 0.25) is 0 Å². The molecule has 1 aliphatic rings. The zero-order valence-electron chi connectivity index (χ0n) is 13.4. The molecular formula is C15H21FN2O5. The summed E-state index contributed by atoms with van der Waals surface area (Å²) in [6.45, 7) is 7.38. The van der Waals surface area contributed by atoms with Crippen LogP contribution in [0.5, 0.6) is 5.75 Å². The molecule has 0 spiro atoms. The summed E-state index contributed by atoms with van der Waals surface area (Å²) in [6.07, 6.45) is 2.05. The molecule has 0 saturated carbocycles. The standard InChI is InChI=1S/C9H17NO2.C6H4FNO3/c1-9(2,3)12-8(11)10-6-4-5-7-10;7-4-2-1-3-5(9)6(4)8(10)11/h4-7H2,1-3H3;1-3,9H. The van der Waals surface area contributed by atoms with E-state index in [-0.39, 0.29) is 11.7 Å². The third-order valence-corrected chi connectivity index (χ3v) is 2.91. The lowest BCUT2D eigenvalue weighted by Gasteiger charge is -2.23. The lowest BCUT2D eigenvalue weighted by Crippen LogP contribution is -2.34. The number of nitrogens with zero attached hydrogens (tertiary/aromatic N) is 2. The Morgan fingerprint density at radius 2 is 1.91 bits per heavy atom.